The number of nitrogens with one attached hydrogen (secondary N) is 1. The predicted molar refractivity (Wildman–Crippen MR) is 117 cm³/mol. The number of piperidine rings is 1. The van der Waals surface area contributed by atoms with Crippen LogP contribution in [0.4, 0.5) is 0 Å². The Morgan fingerprint density at radius 1 is 1.03 bits per heavy atom. The first-order valence-electron chi connectivity index (χ1n) is 10.9. The monoisotopic (exact) mass is 479 g/mol. The highest BCUT2D eigenvalue weighted by Gasteiger charge is 2.38. The second kappa shape index (κ2) is 10.0. The maximum Gasteiger partial charge on any atom is 0.336 e. The number of likely N-dealkylation sites (tertiary alicyclic amines) is 1. The lowest BCUT2D eigenvalue weighted by Crippen LogP contribution is -2.53. The Morgan fingerprint density at radius 3 is 2.09 bits per heavy atom. The van der Waals surface area contributed by atoms with Gasteiger partial charge in [0.25, 0.3) is 11.8 Å². The van der Waals surface area contributed by atoms with Gasteiger partial charge < -0.3 is 9.74 Å². The molecule has 1 atom stereocenters. The molecule has 0 spiro atoms. The molecule has 0 saturated carbocycles. The van der Waals surface area contributed by atoms with E-state index in [1.165, 1.54) is 17.0 Å². The number of carbonyl (C=O) groups excluding carboxylic acids is 4. The summed E-state index contributed by atoms with van der Waals surface area (Å²) in [7, 11) is -3.89. The molecule has 180 valence electrons. The number of amides is 3. The van der Waals surface area contributed by atoms with Crippen LogP contribution in [0.1, 0.15) is 45.1 Å². The van der Waals surface area contributed by atoms with Gasteiger partial charge in [0.2, 0.25) is 15.9 Å². The van der Waals surface area contributed by atoms with Gasteiger partial charge in [-0.1, -0.05) is 31.5 Å². The Morgan fingerprint density at radius 2 is 1.58 bits per heavy atom. The van der Waals surface area contributed by atoms with Gasteiger partial charge >= 0.3 is 5.97 Å². The molecule has 2 saturated heterocycles. The van der Waals surface area contributed by atoms with Crippen LogP contribution in [0.15, 0.2) is 29.2 Å². The van der Waals surface area contributed by atoms with Crippen molar-refractivity contribution in [3.8, 4) is 0 Å². The van der Waals surface area contributed by atoms with Crippen molar-refractivity contribution >= 4 is 33.7 Å². The lowest BCUT2D eigenvalue weighted by atomic mass is 9.95. The molecule has 3 rings (SSSR count). The van der Waals surface area contributed by atoms with Gasteiger partial charge in [0, 0.05) is 25.9 Å². The molecule has 2 aliphatic rings. The van der Waals surface area contributed by atoms with E-state index >= 15 is 0 Å². The maximum atomic E-state index is 13.1. The molecule has 10 nitrogen and oxygen atoms in total. The molecular formula is C22H29N3O7S. The van der Waals surface area contributed by atoms with Gasteiger partial charge in [0.15, 0.2) is 0 Å². The van der Waals surface area contributed by atoms with Crippen molar-refractivity contribution in [3.63, 3.8) is 0 Å². The van der Waals surface area contributed by atoms with E-state index in [4.69, 9.17) is 4.84 Å². The number of hydroxylamine groups is 2. The van der Waals surface area contributed by atoms with Crippen LogP contribution in [0.5, 0.6) is 0 Å². The van der Waals surface area contributed by atoms with Gasteiger partial charge in [-0.2, -0.15) is 4.72 Å². The third-order valence-electron chi connectivity index (χ3n) is 5.87. The SMILES string of the molecule is Cc1ccc(S(=O)(=O)N[C@@H](C(=O)N2CCC(C(=O)ON3C(=O)CCC3=O)CC2)C(C)C)cc1. The summed E-state index contributed by atoms with van der Waals surface area (Å²) < 4.78 is 28.1. The summed E-state index contributed by atoms with van der Waals surface area (Å²) >= 11 is 0. The Bertz CT molecular complexity index is 1010. The minimum absolute atomic E-state index is 0.0220. The summed E-state index contributed by atoms with van der Waals surface area (Å²) in [6.07, 6.45) is 0.620. The highest BCUT2D eigenvalue weighted by atomic mass is 32.2. The molecule has 33 heavy (non-hydrogen) atoms. The molecule has 1 aromatic rings. The van der Waals surface area contributed by atoms with Gasteiger partial charge in [-0.05, 0) is 37.8 Å². The molecule has 1 N–H and O–H groups in total. The second-order valence-corrected chi connectivity index (χ2v) is 10.5. The Kier molecular flexibility index (Phi) is 7.53. The molecule has 0 bridgehead atoms. The Balaban J connectivity index is 1.60. The molecule has 11 heteroatoms. The van der Waals surface area contributed by atoms with E-state index in [0.717, 1.165) is 5.56 Å². The summed E-state index contributed by atoms with van der Waals surface area (Å²) in [5, 5.41) is 0.522. The summed E-state index contributed by atoms with van der Waals surface area (Å²) in [5.74, 6) is -2.98. The van der Waals surface area contributed by atoms with Crippen LogP contribution in [0.25, 0.3) is 0 Å². The second-order valence-electron chi connectivity index (χ2n) is 8.75. The highest BCUT2D eigenvalue weighted by molar-refractivity contribution is 7.89. The summed E-state index contributed by atoms with van der Waals surface area (Å²) in [4.78, 5) is 55.4. The molecule has 0 radical (unpaired) electrons. The molecule has 1 aromatic carbocycles. The largest absolute Gasteiger partial charge is 0.341 e. The minimum Gasteiger partial charge on any atom is -0.341 e. The molecule has 2 fully saturated rings. The third-order valence-corrected chi connectivity index (χ3v) is 7.33. The molecule has 2 heterocycles. The fraction of sp³-hybridized carbons (Fsp3) is 0.545. The van der Waals surface area contributed by atoms with Crippen molar-refractivity contribution in [2.24, 2.45) is 11.8 Å². The quantitative estimate of drug-likeness (QED) is 0.581. The molecule has 3 amide bonds. The van der Waals surface area contributed by atoms with Crippen molar-refractivity contribution in [1.82, 2.24) is 14.7 Å². The number of rotatable bonds is 7. The van der Waals surface area contributed by atoms with E-state index in [1.807, 2.05) is 6.92 Å². The van der Waals surface area contributed by atoms with E-state index < -0.39 is 39.8 Å². The Hall–Kier alpha value is -2.79. The van der Waals surface area contributed by atoms with Crippen LogP contribution < -0.4 is 4.72 Å². The number of benzene rings is 1. The predicted octanol–water partition coefficient (Wildman–Crippen LogP) is 1.14. The Labute approximate surface area is 193 Å². The molecule has 0 aliphatic carbocycles. The lowest BCUT2D eigenvalue weighted by Gasteiger charge is -2.34. The first-order chi connectivity index (χ1) is 15.5. The standard InChI is InChI=1S/C22H29N3O7S/c1-14(2)20(23-33(30,31)17-6-4-15(3)5-7-17)21(28)24-12-10-16(11-13-24)22(29)32-25-18(26)8-9-19(25)27/h4-7,14,16,20,23H,8-13H2,1-3H3/t20-/m1/s1. The minimum atomic E-state index is -3.89. The van der Waals surface area contributed by atoms with Gasteiger partial charge in [-0.3, -0.25) is 14.4 Å². The van der Waals surface area contributed by atoms with Gasteiger partial charge in [-0.25, -0.2) is 13.2 Å². The van der Waals surface area contributed by atoms with E-state index in [1.54, 1.807) is 26.0 Å². The van der Waals surface area contributed by atoms with Crippen LogP contribution in [0.3, 0.4) is 0 Å². The number of aryl methyl sites for hydroxylation is 1. The zero-order valence-electron chi connectivity index (χ0n) is 18.9. The van der Waals surface area contributed by atoms with Crippen molar-refractivity contribution in [1.29, 1.82) is 0 Å². The number of nitrogens with zero attached hydrogens (tertiary/aromatic N) is 2. The molecule has 2 aliphatic heterocycles. The van der Waals surface area contributed by atoms with E-state index in [-0.39, 0.29) is 55.5 Å². The average Bonchev–Trinajstić information content (AvgIpc) is 3.09. The van der Waals surface area contributed by atoms with Crippen LogP contribution in [-0.2, 0) is 34.0 Å². The van der Waals surface area contributed by atoms with Crippen LogP contribution >= 0.6 is 0 Å². The third kappa shape index (κ3) is 5.77. The van der Waals surface area contributed by atoms with E-state index in [9.17, 15) is 27.6 Å². The molecule has 0 aromatic heterocycles. The summed E-state index contributed by atoms with van der Waals surface area (Å²) in [6.45, 7) is 5.83. The van der Waals surface area contributed by atoms with Gasteiger partial charge in [0.05, 0.1) is 10.8 Å². The number of hydrogen-bond donors (Lipinski definition) is 1. The van der Waals surface area contributed by atoms with Gasteiger partial charge in [0.1, 0.15) is 6.04 Å². The molecule has 0 unspecified atom stereocenters. The zero-order valence-corrected chi connectivity index (χ0v) is 19.8. The van der Waals surface area contributed by atoms with Gasteiger partial charge in [-0.15, -0.1) is 5.06 Å². The normalized spacial score (nSPS) is 18.7. The smallest absolute Gasteiger partial charge is 0.336 e. The average molecular weight is 480 g/mol. The lowest BCUT2D eigenvalue weighted by molar-refractivity contribution is -0.201. The maximum absolute atomic E-state index is 13.1. The van der Waals surface area contributed by atoms with Crippen LogP contribution in [0.2, 0.25) is 0 Å². The summed E-state index contributed by atoms with van der Waals surface area (Å²) in [6, 6.07) is 5.40. The van der Waals surface area contributed by atoms with Crippen molar-refractivity contribution < 1.29 is 32.4 Å². The van der Waals surface area contributed by atoms with Crippen LogP contribution in [-0.4, -0.2) is 61.2 Å². The fourth-order valence-electron chi connectivity index (χ4n) is 3.78. The number of carbonyl (C=O) groups is 4. The highest BCUT2D eigenvalue weighted by Crippen LogP contribution is 2.23. The van der Waals surface area contributed by atoms with E-state index in [2.05, 4.69) is 4.72 Å². The number of imide groups is 1. The van der Waals surface area contributed by atoms with Crippen molar-refractivity contribution in [2.45, 2.75) is 57.4 Å². The van der Waals surface area contributed by atoms with Crippen LogP contribution in [0, 0.1) is 18.8 Å². The van der Waals surface area contributed by atoms with E-state index in [0.29, 0.717) is 5.06 Å². The first kappa shape index (κ1) is 24.8. The number of sulfonamides is 1. The van der Waals surface area contributed by atoms with Crippen molar-refractivity contribution in [2.75, 3.05) is 13.1 Å². The molecular weight excluding hydrogens is 450 g/mol. The first-order valence-corrected chi connectivity index (χ1v) is 12.4. The zero-order chi connectivity index (χ0) is 24.3. The number of hydrogen-bond acceptors (Lipinski definition) is 7. The topological polar surface area (TPSA) is 130 Å². The van der Waals surface area contributed by atoms with Crippen molar-refractivity contribution in [3.05, 3.63) is 29.8 Å². The fourth-order valence-corrected chi connectivity index (χ4v) is 5.12. The summed E-state index contributed by atoms with van der Waals surface area (Å²) in [5.41, 5.74) is 0.922.